The molecule has 0 radical (unpaired) electrons. The molecule has 1 N–H and O–H groups in total. The van der Waals surface area contributed by atoms with Crippen LogP contribution in [0, 0.1) is 11.7 Å². The minimum absolute atomic E-state index is 0.189. The molecule has 0 aliphatic heterocycles. The molecule has 124 valence electrons. The van der Waals surface area contributed by atoms with Crippen molar-refractivity contribution < 1.29 is 13.9 Å². The van der Waals surface area contributed by atoms with Gasteiger partial charge in [-0.1, -0.05) is 12.8 Å². The standard InChI is InChI=1S/C18H23FN2O2/c1-21(11-14-4-2-3-5-16(14)22)12-18-20-10-17(23-18)13-6-8-15(19)9-7-13/h6-10,14,16,22H,2-5,11-12H2,1H3. The summed E-state index contributed by atoms with van der Waals surface area (Å²) in [5, 5.41) is 10.1. The Morgan fingerprint density at radius 3 is 2.74 bits per heavy atom. The molecule has 1 aromatic heterocycles. The average Bonchev–Trinajstić information content (AvgIpc) is 2.98. The zero-order valence-corrected chi connectivity index (χ0v) is 13.4. The highest BCUT2D eigenvalue weighted by molar-refractivity contribution is 5.55. The topological polar surface area (TPSA) is 49.5 Å². The van der Waals surface area contributed by atoms with Gasteiger partial charge < -0.3 is 9.52 Å². The van der Waals surface area contributed by atoms with Gasteiger partial charge in [0, 0.05) is 12.1 Å². The largest absolute Gasteiger partial charge is 0.439 e. The lowest BCUT2D eigenvalue weighted by Gasteiger charge is -2.30. The van der Waals surface area contributed by atoms with Gasteiger partial charge in [0.1, 0.15) is 5.82 Å². The molecule has 0 saturated heterocycles. The van der Waals surface area contributed by atoms with Crippen LogP contribution in [-0.4, -0.2) is 34.7 Å². The normalized spacial score (nSPS) is 21.7. The molecule has 2 atom stereocenters. The Morgan fingerprint density at radius 1 is 1.26 bits per heavy atom. The summed E-state index contributed by atoms with van der Waals surface area (Å²) < 4.78 is 18.7. The van der Waals surface area contributed by atoms with Crippen LogP contribution in [0.3, 0.4) is 0 Å². The number of aliphatic hydroxyl groups is 1. The van der Waals surface area contributed by atoms with Crippen molar-refractivity contribution in [3.05, 3.63) is 42.2 Å². The van der Waals surface area contributed by atoms with Crippen LogP contribution in [0.1, 0.15) is 31.6 Å². The van der Waals surface area contributed by atoms with E-state index in [0.717, 1.165) is 31.4 Å². The van der Waals surface area contributed by atoms with Crippen molar-refractivity contribution in [1.82, 2.24) is 9.88 Å². The summed E-state index contributed by atoms with van der Waals surface area (Å²) in [5.74, 6) is 1.35. The fraction of sp³-hybridized carbons (Fsp3) is 0.500. The van der Waals surface area contributed by atoms with Gasteiger partial charge in [-0.2, -0.15) is 0 Å². The van der Waals surface area contributed by atoms with Crippen molar-refractivity contribution in [3.8, 4) is 11.3 Å². The molecule has 23 heavy (non-hydrogen) atoms. The van der Waals surface area contributed by atoms with Gasteiger partial charge >= 0.3 is 0 Å². The summed E-state index contributed by atoms with van der Waals surface area (Å²) >= 11 is 0. The third-order valence-corrected chi connectivity index (χ3v) is 4.50. The van der Waals surface area contributed by atoms with E-state index in [0.29, 0.717) is 24.1 Å². The maximum absolute atomic E-state index is 13.0. The Kier molecular flexibility index (Phi) is 5.08. The third-order valence-electron chi connectivity index (χ3n) is 4.50. The molecule has 1 aliphatic rings. The Labute approximate surface area is 136 Å². The highest BCUT2D eigenvalue weighted by Crippen LogP contribution is 2.26. The molecule has 1 aliphatic carbocycles. The van der Waals surface area contributed by atoms with Crippen LogP contribution >= 0.6 is 0 Å². The first-order valence-corrected chi connectivity index (χ1v) is 8.19. The molecule has 2 aromatic rings. The van der Waals surface area contributed by atoms with E-state index in [1.807, 2.05) is 7.05 Å². The van der Waals surface area contributed by atoms with E-state index in [1.54, 1.807) is 18.3 Å². The molecule has 1 aromatic carbocycles. The van der Waals surface area contributed by atoms with Gasteiger partial charge in [0.15, 0.2) is 5.76 Å². The van der Waals surface area contributed by atoms with Gasteiger partial charge in [0.25, 0.3) is 0 Å². The lowest BCUT2D eigenvalue weighted by Crippen LogP contribution is -2.34. The number of rotatable bonds is 5. The van der Waals surface area contributed by atoms with Crippen LogP contribution in [0.5, 0.6) is 0 Å². The van der Waals surface area contributed by atoms with Crippen molar-refractivity contribution in [2.24, 2.45) is 5.92 Å². The molecule has 5 heteroatoms. The molecule has 3 rings (SSSR count). The van der Waals surface area contributed by atoms with Crippen LogP contribution in [-0.2, 0) is 6.54 Å². The zero-order valence-electron chi connectivity index (χ0n) is 13.4. The Balaban J connectivity index is 1.58. The van der Waals surface area contributed by atoms with E-state index in [1.165, 1.54) is 18.6 Å². The van der Waals surface area contributed by atoms with Crippen LogP contribution < -0.4 is 0 Å². The second-order valence-electron chi connectivity index (χ2n) is 6.43. The van der Waals surface area contributed by atoms with Gasteiger partial charge in [0.2, 0.25) is 5.89 Å². The Bertz CT molecular complexity index is 626. The number of hydrogen-bond acceptors (Lipinski definition) is 4. The SMILES string of the molecule is CN(Cc1ncc(-c2ccc(F)cc2)o1)CC1CCCCC1O. The van der Waals surface area contributed by atoms with Crippen molar-refractivity contribution in [1.29, 1.82) is 0 Å². The number of hydrogen-bond donors (Lipinski definition) is 1. The summed E-state index contributed by atoms with van der Waals surface area (Å²) in [6.07, 6.45) is 5.80. The van der Waals surface area contributed by atoms with Crippen LogP contribution in [0.15, 0.2) is 34.9 Å². The first-order chi connectivity index (χ1) is 11.1. The van der Waals surface area contributed by atoms with E-state index in [9.17, 15) is 9.50 Å². The van der Waals surface area contributed by atoms with Crippen molar-refractivity contribution in [2.45, 2.75) is 38.3 Å². The lowest BCUT2D eigenvalue weighted by molar-refractivity contribution is 0.0488. The summed E-state index contributed by atoms with van der Waals surface area (Å²) in [4.78, 5) is 6.44. The van der Waals surface area contributed by atoms with Crippen LogP contribution in [0.25, 0.3) is 11.3 Å². The molecular weight excluding hydrogens is 295 g/mol. The number of halogens is 1. The smallest absolute Gasteiger partial charge is 0.209 e. The van der Waals surface area contributed by atoms with E-state index >= 15 is 0 Å². The fourth-order valence-corrected chi connectivity index (χ4v) is 3.23. The third kappa shape index (κ3) is 4.18. The van der Waals surface area contributed by atoms with Gasteiger partial charge in [-0.05, 0) is 50.1 Å². The molecule has 1 heterocycles. The minimum atomic E-state index is -0.265. The summed E-state index contributed by atoms with van der Waals surface area (Å²) in [5.41, 5.74) is 0.815. The molecule has 2 unspecified atom stereocenters. The van der Waals surface area contributed by atoms with Crippen LogP contribution in [0.4, 0.5) is 4.39 Å². The van der Waals surface area contributed by atoms with Crippen molar-refractivity contribution in [2.75, 3.05) is 13.6 Å². The first kappa shape index (κ1) is 16.1. The molecule has 0 bridgehead atoms. The summed E-state index contributed by atoms with van der Waals surface area (Å²) in [7, 11) is 2.02. The lowest BCUT2D eigenvalue weighted by atomic mass is 9.86. The Morgan fingerprint density at radius 2 is 2.00 bits per heavy atom. The van der Waals surface area contributed by atoms with E-state index in [-0.39, 0.29) is 11.9 Å². The molecule has 1 fully saturated rings. The fourth-order valence-electron chi connectivity index (χ4n) is 3.23. The predicted molar refractivity (Wildman–Crippen MR) is 86.2 cm³/mol. The van der Waals surface area contributed by atoms with Crippen LogP contribution in [0.2, 0.25) is 0 Å². The maximum Gasteiger partial charge on any atom is 0.209 e. The molecule has 0 spiro atoms. The Hall–Kier alpha value is -1.72. The number of oxazole rings is 1. The zero-order chi connectivity index (χ0) is 16.2. The number of aliphatic hydroxyl groups excluding tert-OH is 1. The van der Waals surface area contributed by atoms with Gasteiger partial charge in [-0.3, -0.25) is 4.90 Å². The summed E-state index contributed by atoms with van der Waals surface area (Å²) in [6, 6.07) is 6.19. The highest BCUT2D eigenvalue weighted by atomic mass is 19.1. The monoisotopic (exact) mass is 318 g/mol. The minimum Gasteiger partial charge on any atom is -0.439 e. The second kappa shape index (κ2) is 7.23. The van der Waals surface area contributed by atoms with E-state index in [4.69, 9.17) is 4.42 Å². The molecule has 4 nitrogen and oxygen atoms in total. The predicted octanol–water partition coefficient (Wildman–Crippen LogP) is 3.46. The summed E-state index contributed by atoms with van der Waals surface area (Å²) in [6.45, 7) is 1.44. The number of benzene rings is 1. The number of nitrogens with zero attached hydrogens (tertiary/aromatic N) is 2. The number of aromatic nitrogens is 1. The highest BCUT2D eigenvalue weighted by Gasteiger charge is 2.24. The quantitative estimate of drug-likeness (QED) is 0.917. The van der Waals surface area contributed by atoms with Gasteiger partial charge in [0.05, 0.1) is 18.8 Å². The molecule has 0 amide bonds. The first-order valence-electron chi connectivity index (χ1n) is 8.19. The van der Waals surface area contributed by atoms with Crippen molar-refractivity contribution in [3.63, 3.8) is 0 Å². The second-order valence-corrected chi connectivity index (χ2v) is 6.43. The molecular formula is C18H23FN2O2. The van der Waals surface area contributed by atoms with Crippen molar-refractivity contribution >= 4 is 0 Å². The van der Waals surface area contributed by atoms with E-state index < -0.39 is 0 Å². The maximum atomic E-state index is 13.0. The average molecular weight is 318 g/mol. The molecule has 1 saturated carbocycles. The van der Waals surface area contributed by atoms with Gasteiger partial charge in [-0.25, -0.2) is 9.37 Å². The van der Waals surface area contributed by atoms with E-state index in [2.05, 4.69) is 9.88 Å². The van der Waals surface area contributed by atoms with Gasteiger partial charge in [-0.15, -0.1) is 0 Å².